The fraction of sp³-hybridized carbons (Fsp3) is 0.424. The Labute approximate surface area is 239 Å². The number of carbonyl (C=O) groups is 3. The number of piperazine rings is 1. The molecule has 1 aromatic heterocycles. The number of fused-ring (bicyclic) bond motifs is 1. The first-order chi connectivity index (χ1) is 19.2. The van der Waals surface area contributed by atoms with Crippen molar-refractivity contribution >= 4 is 28.5 Å². The highest BCUT2D eigenvalue weighted by Crippen LogP contribution is 2.27. The molecule has 4 rings (SSSR count). The lowest BCUT2D eigenvalue weighted by Gasteiger charge is -2.40. The van der Waals surface area contributed by atoms with Crippen molar-refractivity contribution in [3.05, 3.63) is 70.4 Å². The van der Waals surface area contributed by atoms with Crippen LogP contribution in [0.4, 0.5) is 0 Å². The average molecular weight is 545 g/mol. The normalized spacial score (nSPS) is 14.9. The summed E-state index contributed by atoms with van der Waals surface area (Å²) >= 11 is 0. The van der Waals surface area contributed by atoms with Crippen molar-refractivity contribution in [3.63, 3.8) is 0 Å². The molecule has 2 aromatic carbocycles. The number of nitrogens with one attached hydrogen (secondary N) is 1. The third kappa shape index (κ3) is 7.19. The van der Waals surface area contributed by atoms with Crippen LogP contribution >= 0.6 is 0 Å². The number of Topliss-reactive ketones (excluding diaryl/α,β-unsaturated/α-hetero) is 1. The highest BCUT2D eigenvalue weighted by Gasteiger charge is 2.31. The lowest BCUT2D eigenvalue weighted by molar-refractivity contribution is -0.126. The van der Waals surface area contributed by atoms with E-state index in [4.69, 9.17) is 0 Å². The van der Waals surface area contributed by atoms with Crippen LogP contribution in [0, 0.1) is 26.7 Å². The summed E-state index contributed by atoms with van der Waals surface area (Å²) in [6.45, 7) is 17.8. The van der Waals surface area contributed by atoms with E-state index in [1.54, 1.807) is 18.2 Å². The van der Waals surface area contributed by atoms with Gasteiger partial charge >= 0.3 is 0 Å². The number of benzene rings is 2. The van der Waals surface area contributed by atoms with Gasteiger partial charge in [-0.2, -0.15) is 0 Å². The first-order valence-corrected chi connectivity index (χ1v) is 14.1. The maximum absolute atomic E-state index is 13.8. The van der Waals surface area contributed by atoms with E-state index in [9.17, 15) is 14.4 Å². The molecule has 0 spiro atoms. The second-order valence-corrected chi connectivity index (χ2v) is 9.76. The molecule has 7 heteroatoms. The van der Waals surface area contributed by atoms with Crippen LogP contribution in [0.25, 0.3) is 10.9 Å². The van der Waals surface area contributed by atoms with E-state index in [1.165, 1.54) is 16.0 Å². The van der Waals surface area contributed by atoms with Crippen molar-refractivity contribution in [2.75, 3.05) is 32.7 Å². The molecule has 0 radical (unpaired) electrons. The smallest absolute Gasteiger partial charge is 0.294 e. The van der Waals surface area contributed by atoms with Crippen molar-refractivity contribution in [1.82, 2.24) is 19.7 Å². The van der Waals surface area contributed by atoms with Crippen molar-refractivity contribution in [2.45, 2.75) is 61.1 Å². The summed E-state index contributed by atoms with van der Waals surface area (Å²) in [6, 6.07) is 13.8. The molecule has 1 fully saturated rings. The Bertz CT molecular complexity index is 1320. The highest BCUT2D eigenvalue weighted by molar-refractivity contribution is 6.43. The molecule has 0 unspecified atom stereocenters. The van der Waals surface area contributed by atoms with Crippen molar-refractivity contribution in [3.8, 4) is 12.8 Å². The fourth-order valence-corrected chi connectivity index (χ4v) is 5.10. The summed E-state index contributed by atoms with van der Waals surface area (Å²) in [5.74, 6) is -1.10. The molecule has 3 aromatic rings. The van der Waals surface area contributed by atoms with Crippen LogP contribution in [0.3, 0.4) is 0 Å². The average Bonchev–Trinajstić information content (AvgIpc) is 3.31. The Morgan fingerprint density at radius 3 is 2.17 bits per heavy atom. The molecule has 40 heavy (non-hydrogen) atoms. The van der Waals surface area contributed by atoms with Gasteiger partial charge in [0.05, 0.1) is 5.56 Å². The maximum atomic E-state index is 13.8. The Hall–Kier alpha value is -3.89. The number of aryl methyl sites for hydroxylation is 2. The molecule has 1 aliphatic rings. The van der Waals surface area contributed by atoms with Crippen LogP contribution in [0.2, 0.25) is 0 Å². The van der Waals surface area contributed by atoms with Gasteiger partial charge in [-0.05, 0) is 58.4 Å². The number of terminal acetylenes is 1. The molecule has 0 saturated carbocycles. The van der Waals surface area contributed by atoms with Crippen LogP contribution in [0.1, 0.15) is 72.2 Å². The van der Waals surface area contributed by atoms with E-state index in [-0.39, 0.29) is 11.9 Å². The molecule has 214 valence electrons. The van der Waals surface area contributed by atoms with Gasteiger partial charge in [-0.15, -0.1) is 12.8 Å². The molecule has 1 aliphatic heterocycles. The van der Waals surface area contributed by atoms with E-state index in [0.717, 1.165) is 30.8 Å². The Kier molecular flexibility index (Phi) is 12.2. The number of amides is 2. The third-order valence-corrected chi connectivity index (χ3v) is 7.21. The van der Waals surface area contributed by atoms with Gasteiger partial charge in [0.2, 0.25) is 5.78 Å². The zero-order chi connectivity index (χ0) is 30.0. The minimum Gasteiger partial charge on any atom is -0.358 e. The number of likely N-dealkylation sites (N-methyl/N-ethyl adjacent to an activating group) is 1. The Balaban J connectivity index is 0.00000134. The van der Waals surface area contributed by atoms with Gasteiger partial charge in [0, 0.05) is 67.5 Å². The number of hydrogen-bond acceptors (Lipinski definition) is 4. The maximum Gasteiger partial charge on any atom is 0.294 e. The minimum absolute atomic E-state index is 0.0408. The number of aromatic amines is 1. The molecular weight excluding hydrogens is 500 g/mol. The fourth-order valence-electron chi connectivity index (χ4n) is 5.10. The molecule has 7 nitrogen and oxygen atoms in total. The van der Waals surface area contributed by atoms with Crippen molar-refractivity contribution in [2.24, 2.45) is 0 Å². The molecule has 1 N–H and O–H groups in total. The quantitative estimate of drug-likeness (QED) is 0.244. The molecular formula is C33H44N4O3. The standard InChI is InChI=1S/C29H36N4O3.C2H6.C2H2/c1-6-32(7-2)29(36)27(34)23-12-13-25-24(16-23)26(21(5)30-25)28(35)33-15-14-31(17-20(33)4)18-22-10-8-19(3)9-11-22;2*1-2/h8-13,16,20,30H,6-7,14-15,17-18H2,1-5H3;1-2H3;1-2H/t20-;;/m1../s1. The predicted molar refractivity (Wildman–Crippen MR) is 163 cm³/mol. The van der Waals surface area contributed by atoms with Crippen LogP contribution in [-0.4, -0.2) is 76.0 Å². The van der Waals surface area contributed by atoms with Crippen LogP contribution < -0.4 is 0 Å². The van der Waals surface area contributed by atoms with Crippen molar-refractivity contribution in [1.29, 1.82) is 0 Å². The molecule has 1 saturated heterocycles. The zero-order valence-corrected chi connectivity index (χ0v) is 25.1. The van der Waals surface area contributed by atoms with Gasteiger partial charge in [0.15, 0.2) is 0 Å². The van der Waals surface area contributed by atoms with Crippen molar-refractivity contribution < 1.29 is 14.4 Å². The van der Waals surface area contributed by atoms with E-state index < -0.39 is 11.7 Å². The van der Waals surface area contributed by atoms with E-state index >= 15 is 0 Å². The Morgan fingerprint density at radius 2 is 1.60 bits per heavy atom. The number of aromatic nitrogens is 1. The number of nitrogens with zero attached hydrogens (tertiary/aromatic N) is 3. The number of hydrogen-bond donors (Lipinski definition) is 1. The minimum atomic E-state index is -0.545. The van der Waals surface area contributed by atoms with E-state index in [2.05, 4.69) is 60.8 Å². The monoisotopic (exact) mass is 544 g/mol. The van der Waals surface area contributed by atoms with Crippen LogP contribution in [0.5, 0.6) is 0 Å². The van der Waals surface area contributed by atoms with Crippen LogP contribution in [0.15, 0.2) is 42.5 Å². The largest absolute Gasteiger partial charge is 0.358 e. The second kappa shape index (κ2) is 15.0. The topological polar surface area (TPSA) is 76.7 Å². The highest BCUT2D eigenvalue weighted by atomic mass is 16.2. The van der Waals surface area contributed by atoms with Crippen LogP contribution in [-0.2, 0) is 11.3 Å². The van der Waals surface area contributed by atoms with Gasteiger partial charge < -0.3 is 14.8 Å². The first kappa shape index (κ1) is 32.3. The number of ketones is 1. The van der Waals surface area contributed by atoms with Gasteiger partial charge in [0.25, 0.3) is 11.8 Å². The lowest BCUT2D eigenvalue weighted by Crippen LogP contribution is -2.53. The van der Waals surface area contributed by atoms with Gasteiger partial charge in [-0.1, -0.05) is 43.7 Å². The molecule has 2 heterocycles. The number of carbonyl (C=O) groups excluding carboxylic acids is 3. The summed E-state index contributed by atoms with van der Waals surface area (Å²) in [5, 5.41) is 0.685. The number of rotatable bonds is 7. The molecule has 1 atom stereocenters. The first-order valence-electron chi connectivity index (χ1n) is 14.1. The second-order valence-electron chi connectivity index (χ2n) is 9.76. The number of H-pyrrole nitrogens is 1. The lowest BCUT2D eigenvalue weighted by atomic mass is 10.0. The third-order valence-electron chi connectivity index (χ3n) is 7.21. The Morgan fingerprint density at radius 1 is 0.975 bits per heavy atom. The predicted octanol–water partition coefficient (Wildman–Crippen LogP) is 5.46. The zero-order valence-electron chi connectivity index (χ0n) is 25.1. The van der Waals surface area contributed by atoms with E-state index in [1.807, 2.05) is 39.5 Å². The summed E-state index contributed by atoms with van der Waals surface area (Å²) in [7, 11) is 0. The summed E-state index contributed by atoms with van der Waals surface area (Å²) in [6.07, 6.45) is 8.00. The molecule has 2 amide bonds. The SMILES string of the molecule is C#C.CC.CCN(CC)C(=O)C(=O)c1ccc2[nH]c(C)c(C(=O)N3CCN(Cc4ccc(C)cc4)C[C@H]3C)c2c1. The summed E-state index contributed by atoms with van der Waals surface area (Å²) < 4.78 is 0. The van der Waals surface area contributed by atoms with Gasteiger partial charge in [-0.25, -0.2) is 0 Å². The summed E-state index contributed by atoms with van der Waals surface area (Å²) in [4.78, 5) is 48.4. The van der Waals surface area contributed by atoms with E-state index in [0.29, 0.717) is 36.1 Å². The van der Waals surface area contributed by atoms with Gasteiger partial charge in [0.1, 0.15) is 0 Å². The summed E-state index contributed by atoms with van der Waals surface area (Å²) in [5.41, 5.74) is 4.96. The molecule has 0 bridgehead atoms. The molecule has 0 aliphatic carbocycles. The van der Waals surface area contributed by atoms with Gasteiger partial charge in [-0.3, -0.25) is 19.3 Å².